The summed E-state index contributed by atoms with van der Waals surface area (Å²) in [5.74, 6) is -0.857. The molecule has 0 spiro atoms. The maximum atomic E-state index is 12.9. The third-order valence-corrected chi connectivity index (χ3v) is 13.4. The quantitative estimate of drug-likeness (QED) is 0.0262. The first kappa shape index (κ1) is 64.9. The van der Waals surface area contributed by atoms with Gasteiger partial charge in [0.1, 0.15) is 13.2 Å². The Balaban J connectivity index is 4.32. The molecule has 0 fully saturated rings. The van der Waals surface area contributed by atoms with Crippen LogP contribution in [-0.4, -0.2) is 37.2 Å². The van der Waals surface area contributed by atoms with E-state index >= 15 is 0 Å². The van der Waals surface area contributed by atoms with Crippen molar-refractivity contribution >= 4 is 17.9 Å². The fourth-order valence-corrected chi connectivity index (χ4v) is 8.91. The highest BCUT2D eigenvalue weighted by Gasteiger charge is 2.19. The number of carbonyl (C=O) groups is 3. The van der Waals surface area contributed by atoms with Crippen LogP contribution in [0.1, 0.15) is 329 Å². The minimum absolute atomic E-state index is 0.0698. The number of allylic oxidation sites excluding steroid dienone is 4. The van der Waals surface area contributed by atoms with Gasteiger partial charge >= 0.3 is 17.9 Å². The Kier molecular flexibility index (Phi) is 54.7. The Labute approximate surface area is 417 Å². The second-order valence-corrected chi connectivity index (χ2v) is 20.3. The molecule has 0 aromatic rings. The van der Waals surface area contributed by atoms with E-state index in [2.05, 4.69) is 45.1 Å². The second-order valence-electron chi connectivity index (χ2n) is 20.3. The van der Waals surface area contributed by atoms with Crippen molar-refractivity contribution in [2.75, 3.05) is 13.2 Å². The van der Waals surface area contributed by atoms with Crippen molar-refractivity contribution in [3.63, 3.8) is 0 Å². The molecule has 0 aliphatic carbocycles. The molecule has 0 saturated carbocycles. The molecule has 0 heterocycles. The largest absolute Gasteiger partial charge is 0.462 e. The van der Waals surface area contributed by atoms with E-state index in [1.165, 1.54) is 231 Å². The molecular formula is C61H114O6. The van der Waals surface area contributed by atoms with E-state index in [1.807, 2.05) is 0 Å². The SMILES string of the molecule is CCCCCC/C=C\CCCCCCCCCC(=O)OC(COC(=O)CCCCCCCCC/C=C\CCCCCCCCCC)COC(=O)CCCCCCCCCCCCCCCCC. The van der Waals surface area contributed by atoms with Gasteiger partial charge in [0.05, 0.1) is 0 Å². The van der Waals surface area contributed by atoms with Gasteiger partial charge in [-0.15, -0.1) is 0 Å². The van der Waals surface area contributed by atoms with Gasteiger partial charge in [0, 0.05) is 19.3 Å². The lowest BCUT2D eigenvalue weighted by atomic mass is 10.0. The highest BCUT2D eigenvalue weighted by atomic mass is 16.6. The molecule has 6 heteroatoms. The van der Waals surface area contributed by atoms with Gasteiger partial charge < -0.3 is 14.2 Å². The van der Waals surface area contributed by atoms with Gasteiger partial charge in [-0.05, 0) is 70.6 Å². The first-order chi connectivity index (χ1) is 33.0. The van der Waals surface area contributed by atoms with Gasteiger partial charge in [-0.1, -0.05) is 263 Å². The summed E-state index contributed by atoms with van der Waals surface area (Å²) in [6, 6.07) is 0. The summed E-state index contributed by atoms with van der Waals surface area (Å²) < 4.78 is 16.9. The number of carbonyl (C=O) groups excluding carboxylic acids is 3. The van der Waals surface area contributed by atoms with Gasteiger partial charge in [-0.2, -0.15) is 0 Å². The van der Waals surface area contributed by atoms with E-state index in [0.29, 0.717) is 19.3 Å². The zero-order valence-corrected chi connectivity index (χ0v) is 45.2. The molecule has 0 rings (SSSR count). The van der Waals surface area contributed by atoms with E-state index < -0.39 is 6.10 Å². The summed E-state index contributed by atoms with van der Waals surface area (Å²) in [7, 11) is 0. The molecule has 394 valence electrons. The molecule has 0 bridgehead atoms. The van der Waals surface area contributed by atoms with Gasteiger partial charge in [0.15, 0.2) is 6.10 Å². The van der Waals surface area contributed by atoms with Crippen molar-refractivity contribution in [2.24, 2.45) is 0 Å². The summed E-state index contributed by atoms with van der Waals surface area (Å²) in [6.07, 6.45) is 65.9. The summed E-state index contributed by atoms with van der Waals surface area (Å²) in [5.41, 5.74) is 0. The Hall–Kier alpha value is -2.11. The average Bonchev–Trinajstić information content (AvgIpc) is 3.33. The number of rotatable bonds is 55. The predicted molar refractivity (Wildman–Crippen MR) is 289 cm³/mol. The van der Waals surface area contributed by atoms with E-state index in [-0.39, 0.29) is 31.1 Å². The lowest BCUT2D eigenvalue weighted by molar-refractivity contribution is -0.167. The molecule has 0 N–H and O–H groups in total. The lowest BCUT2D eigenvalue weighted by Gasteiger charge is -2.18. The number of hydrogen-bond acceptors (Lipinski definition) is 6. The first-order valence-electron chi connectivity index (χ1n) is 29.8. The van der Waals surface area contributed by atoms with Crippen LogP contribution in [0.5, 0.6) is 0 Å². The van der Waals surface area contributed by atoms with Crippen LogP contribution < -0.4 is 0 Å². The topological polar surface area (TPSA) is 78.9 Å². The van der Waals surface area contributed by atoms with Gasteiger partial charge in [-0.25, -0.2) is 0 Å². The molecule has 67 heavy (non-hydrogen) atoms. The molecular weight excluding hydrogens is 829 g/mol. The molecule has 1 atom stereocenters. The van der Waals surface area contributed by atoms with Gasteiger partial charge in [0.25, 0.3) is 0 Å². The first-order valence-corrected chi connectivity index (χ1v) is 29.8. The van der Waals surface area contributed by atoms with Crippen LogP contribution in [0.3, 0.4) is 0 Å². The van der Waals surface area contributed by atoms with E-state index in [9.17, 15) is 14.4 Å². The van der Waals surface area contributed by atoms with E-state index in [4.69, 9.17) is 14.2 Å². The number of esters is 3. The standard InChI is InChI=1S/C61H114O6/c1-4-7-10-13-16-19-22-25-28-29-30-31-34-36-39-42-45-48-51-54-60(63)66-57-58(67-61(64)55-52-49-46-43-40-37-33-27-24-21-18-15-12-9-6-3)56-65-59(62)53-50-47-44-41-38-35-32-26-23-20-17-14-11-8-5-2/h21,24,29-30,58H,4-20,22-23,25-28,31-57H2,1-3H3/b24-21-,30-29-. The minimum Gasteiger partial charge on any atom is -0.462 e. The van der Waals surface area contributed by atoms with Crippen molar-refractivity contribution in [1.82, 2.24) is 0 Å². The van der Waals surface area contributed by atoms with Crippen molar-refractivity contribution in [3.05, 3.63) is 24.3 Å². The zero-order valence-electron chi connectivity index (χ0n) is 45.2. The van der Waals surface area contributed by atoms with Crippen LogP contribution in [0.25, 0.3) is 0 Å². The summed E-state index contributed by atoms with van der Waals surface area (Å²) in [4.78, 5) is 38.2. The summed E-state index contributed by atoms with van der Waals surface area (Å²) in [6.45, 7) is 6.67. The van der Waals surface area contributed by atoms with Crippen molar-refractivity contribution in [3.8, 4) is 0 Å². The van der Waals surface area contributed by atoms with Crippen LogP contribution in [0.4, 0.5) is 0 Å². The predicted octanol–water partition coefficient (Wildman–Crippen LogP) is 19.9. The molecule has 0 aromatic carbocycles. The highest BCUT2D eigenvalue weighted by Crippen LogP contribution is 2.17. The van der Waals surface area contributed by atoms with Crippen molar-refractivity contribution in [1.29, 1.82) is 0 Å². The summed E-state index contributed by atoms with van der Waals surface area (Å²) in [5, 5.41) is 0. The average molecular weight is 944 g/mol. The van der Waals surface area contributed by atoms with Crippen molar-refractivity contribution in [2.45, 2.75) is 335 Å². The smallest absolute Gasteiger partial charge is 0.306 e. The Morgan fingerprint density at radius 2 is 0.493 bits per heavy atom. The molecule has 0 aliphatic rings. The molecule has 1 unspecified atom stereocenters. The Bertz CT molecular complexity index is 1080. The normalized spacial score (nSPS) is 12.1. The zero-order chi connectivity index (χ0) is 48.6. The maximum Gasteiger partial charge on any atom is 0.306 e. The Morgan fingerprint density at radius 1 is 0.284 bits per heavy atom. The fourth-order valence-electron chi connectivity index (χ4n) is 8.91. The van der Waals surface area contributed by atoms with Crippen LogP contribution in [0, 0.1) is 0 Å². The van der Waals surface area contributed by atoms with Crippen LogP contribution in [-0.2, 0) is 28.6 Å². The molecule has 0 aliphatic heterocycles. The third-order valence-electron chi connectivity index (χ3n) is 13.4. The van der Waals surface area contributed by atoms with Crippen LogP contribution in [0.2, 0.25) is 0 Å². The summed E-state index contributed by atoms with van der Waals surface area (Å²) >= 11 is 0. The molecule has 0 aromatic heterocycles. The lowest BCUT2D eigenvalue weighted by Crippen LogP contribution is -2.30. The Morgan fingerprint density at radius 3 is 0.761 bits per heavy atom. The second kappa shape index (κ2) is 56.5. The molecule has 0 amide bonds. The third kappa shape index (κ3) is 54.7. The highest BCUT2D eigenvalue weighted by molar-refractivity contribution is 5.71. The molecule has 0 radical (unpaired) electrons. The van der Waals surface area contributed by atoms with Gasteiger partial charge in [-0.3, -0.25) is 14.4 Å². The van der Waals surface area contributed by atoms with Crippen LogP contribution >= 0.6 is 0 Å². The fraction of sp³-hybridized carbons (Fsp3) is 0.885. The van der Waals surface area contributed by atoms with E-state index in [0.717, 1.165) is 57.8 Å². The molecule has 6 nitrogen and oxygen atoms in total. The van der Waals surface area contributed by atoms with Crippen LogP contribution in [0.15, 0.2) is 24.3 Å². The minimum atomic E-state index is -0.771. The van der Waals surface area contributed by atoms with E-state index in [1.54, 1.807) is 0 Å². The molecule has 0 saturated heterocycles. The maximum absolute atomic E-state index is 12.9. The van der Waals surface area contributed by atoms with Crippen molar-refractivity contribution < 1.29 is 28.6 Å². The number of ether oxygens (including phenoxy) is 3. The number of hydrogen-bond donors (Lipinski definition) is 0. The number of unbranched alkanes of at least 4 members (excludes halogenated alkanes) is 40. The monoisotopic (exact) mass is 943 g/mol. The van der Waals surface area contributed by atoms with Gasteiger partial charge in [0.2, 0.25) is 0 Å².